The number of carbonyl (C=O) groups is 2. The fourth-order valence-corrected chi connectivity index (χ4v) is 3.70. The Hall–Kier alpha value is -4.97. The fraction of sp³-hybridized carbons (Fsp3) is 0.167. The first-order valence-corrected chi connectivity index (χ1v) is 12.9. The Morgan fingerprint density at radius 3 is 2.12 bits per heavy atom. The van der Waals surface area contributed by atoms with Gasteiger partial charge in [-0.15, -0.1) is 0 Å². The van der Waals surface area contributed by atoms with Gasteiger partial charge in [-0.05, 0) is 42.0 Å². The molecule has 1 atom stereocenters. The lowest BCUT2D eigenvalue weighted by molar-refractivity contribution is -0.141. The summed E-state index contributed by atoms with van der Waals surface area (Å²) < 4.78 is 48.1. The Bertz CT molecular complexity index is 1590. The average molecular weight is 615 g/mol. The molecule has 0 aliphatic carbocycles. The van der Waals surface area contributed by atoms with Gasteiger partial charge in [0.25, 0.3) is 0 Å². The van der Waals surface area contributed by atoms with Crippen LogP contribution in [0.3, 0.4) is 0 Å². The maximum absolute atomic E-state index is 12.6. The molecule has 43 heavy (non-hydrogen) atoms. The molecule has 13 heteroatoms. The van der Waals surface area contributed by atoms with E-state index in [1.807, 2.05) is 0 Å². The van der Waals surface area contributed by atoms with E-state index < -0.39 is 23.8 Å². The van der Waals surface area contributed by atoms with Crippen molar-refractivity contribution in [1.82, 2.24) is 15.5 Å². The van der Waals surface area contributed by atoms with Gasteiger partial charge in [0.2, 0.25) is 23.5 Å². The molecule has 0 aliphatic heterocycles. The molecular weight excluding hydrogens is 589 g/mol. The predicted octanol–water partition coefficient (Wildman–Crippen LogP) is 6.55. The van der Waals surface area contributed by atoms with E-state index in [1.54, 1.807) is 55.5 Å². The Morgan fingerprint density at radius 2 is 1.63 bits per heavy atom. The summed E-state index contributed by atoms with van der Waals surface area (Å²) >= 11 is 5.71. The van der Waals surface area contributed by atoms with Crippen molar-refractivity contribution < 1.29 is 37.1 Å². The highest BCUT2D eigenvalue weighted by atomic mass is 35.5. The Labute approximate surface area is 249 Å². The van der Waals surface area contributed by atoms with E-state index in [0.717, 1.165) is 23.3 Å². The highest BCUT2D eigenvalue weighted by Crippen LogP contribution is 2.29. The van der Waals surface area contributed by atoms with Crippen LogP contribution >= 0.6 is 11.6 Å². The Balaban J connectivity index is 0.000000271. The third-order valence-electron chi connectivity index (χ3n) is 5.72. The second kappa shape index (κ2) is 14.3. The maximum Gasteiger partial charge on any atom is 0.416 e. The SMILES string of the molecule is C=C(OC(=N)c1ccc(C(F)(F)F)cc1)c1ccc(-c2noc(C)n2)cc1.CC(=O)NC(Cc1ccc(Cl)cc1)C(=O)O. The van der Waals surface area contributed by atoms with Gasteiger partial charge in [0.05, 0.1) is 5.56 Å². The quantitative estimate of drug-likeness (QED) is 0.116. The van der Waals surface area contributed by atoms with Gasteiger partial charge < -0.3 is 19.7 Å². The minimum absolute atomic E-state index is 0.191. The van der Waals surface area contributed by atoms with E-state index >= 15 is 0 Å². The number of benzene rings is 3. The minimum Gasteiger partial charge on any atom is -0.480 e. The molecule has 1 heterocycles. The molecule has 1 unspecified atom stereocenters. The number of hydrogen-bond donors (Lipinski definition) is 3. The molecule has 3 N–H and O–H groups in total. The van der Waals surface area contributed by atoms with Gasteiger partial charge >= 0.3 is 12.1 Å². The molecule has 0 spiro atoms. The van der Waals surface area contributed by atoms with Gasteiger partial charge in [-0.3, -0.25) is 10.2 Å². The molecule has 0 aliphatic rings. The van der Waals surface area contributed by atoms with Gasteiger partial charge in [-0.1, -0.05) is 59.7 Å². The number of aliphatic carboxylic acids is 1. The zero-order chi connectivity index (χ0) is 31.7. The monoisotopic (exact) mass is 614 g/mol. The Morgan fingerprint density at radius 1 is 1.05 bits per heavy atom. The van der Waals surface area contributed by atoms with E-state index in [0.29, 0.717) is 22.3 Å². The number of carbonyl (C=O) groups excluding carboxylic acids is 1. The predicted molar refractivity (Wildman–Crippen MR) is 153 cm³/mol. The molecule has 0 fully saturated rings. The van der Waals surface area contributed by atoms with E-state index in [1.165, 1.54) is 19.1 Å². The fourth-order valence-electron chi connectivity index (χ4n) is 3.57. The number of nitrogens with one attached hydrogen (secondary N) is 2. The lowest BCUT2D eigenvalue weighted by Crippen LogP contribution is -2.41. The van der Waals surface area contributed by atoms with Crippen molar-refractivity contribution >= 4 is 35.1 Å². The number of aryl methyl sites for hydroxylation is 1. The number of carboxylic acid groups (broad SMARTS) is 1. The zero-order valence-electron chi connectivity index (χ0n) is 22.9. The zero-order valence-corrected chi connectivity index (χ0v) is 23.7. The van der Waals surface area contributed by atoms with Gasteiger partial charge in [-0.25, -0.2) is 4.79 Å². The van der Waals surface area contributed by atoms with Gasteiger partial charge in [-0.2, -0.15) is 18.2 Å². The third-order valence-corrected chi connectivity index (χ3v) is 5.97. The van der Waals surface area contributed by atoms with Gasteiger partial charge in [0.1, 0.15) is 11.8 Å². The molecule has 4 aromatic rings. The van der Waals surface area contributed by atoms with Crippen LogP contribution in [0.5, 0.6) is 0 Å². The summed E-state index contributed by atoms with van der Waals surface area (Å²) in [6.45, 7) is 6.74. The first-order chi connectivity index (χ1) is 20.2. The van der Waals surface area contributed by atoms with Crippen molar-refractivity contribution in [2.24, 2.45) is 0 Å². The smallest absolute Gasteiger partial charge is 0.416 e. The van der Waals surface area contributed by atoms with Crippen molar-refractivity contribution in [1.29, 1.82) is 5.41 Å². The number of rotatable bonds is 8. The van der Waals surface area contributed by atoms with Crippen LogP contribution in [0.25, 0.3) is 17.1 Å². The van der Waals surface area contributed by atoms with Crippen molar-refractivity contribution in [3.63, 3.8) is 0 Å². The molecule has 224 valence electrons. The lowest BCUT2D eigenvalue weighted by Gasteiger charge is -2.13. The molecule has 9 nitrogen and oxygen atoms in total. The van der Waals surface area contributed by atoms with Gasteiger partial charge in [0, 0.05) is 42.0 Å². The Kier molecular flexibility index (Phi) is 10.8. The molecule has 3 aromatic carbocycles. The maximum atomic E-state index is 12.6. The average Bonchev–Trinajstić information content (AvgIpc) is 3.39. The number of ether oxygens (including phenoxy) is 1. The molecule has 1 amide bonds. The largest absolute Gasteiger partial charge is 0.480 e. The molecule has 1 aromatic heterocycles. The summed E-state index contributed by atoms with van der Waals surface area (Å²) in [7, 11) is 0. The summed E-state index contributed by atoms with van der Waals surface area (Å²) in [5.74, 6) is -0.622. The van der Waals surface area contributed by atoms with Crippen LogP contribution in [-0.4, -0.2) is 39.1 Å². The van der Waals surface area contributed by atoms with Crippen molar-refractivity contribution in [2.45, 2.75) is 32.5 Å². The van der Waals surface area contributed by atoms with Crippen LogP contribution in [0.15, 0.2) is 83.9 Å². The van der Waals surface area contributed by atoms with Crippen LogP contribution in [-0.2, 0) is 26.9 Å². The molecule has 0 saturated heterocycles. The third kappa shape index (κ3) is 9.82. The number of nitrogens with zero attached hydrogens (tertiary/aromatic N) is 2. The topological polar surface area (TPSA) is 138 Å². The number of alkyl halides is 3. The number of halogens is 4. The summed E-state index contributed by atoms with van der Waals surface area (Å²) in [6, 6.07) is 17.0. The summed E-state index contributed by atoms with van der Waals surface area (Å²) in [5, 5.41) is 23.6. The lowest BCUT2D eigenvalue weighted by atomic mass is 10.1. The normalized spacial score (nSPS) is 11.5. The molecule has 0 radical (unpaired) electrons. The second-order valence-electron chi connectivity index (χ2n) is 9.07. The first-order valence-electron chi connectivity index (χ1n) is 12.5. The van der Waals surface area contributed by atoms with E-state index in [2.05, 4.69) is 22.0 Å². The number of amides is 1. The highest BCUT2D eigenvalue weighted by Gasteiger charge is 2.30. The summed E-state index contributed by atoms with van der Waals surface area (Å²) in [5.41, 5.74) is 1.58. The van der Waals surface area contributed by atoms with E-state index in [-0.39, 0.29) is 29.5 Å². The van der Waals surface area contributed by atoms with Gasteiger partial charge in [0.15, 0.2) is 0 Å². The molecule has 4 rings (SSSR count). The van der Waals surface area contributed by atoms with Crippen molar-refractivity contribution in [3.05, 3.63) is 113 Å². The van der Waals surface area contributed by atoms with Crippen molar-refractivity contribution in [3.8, 4) is 11.4 Å². The van der Waals surface area contributed by atoms with Crippen LogP contribution in [0.1, 0.15) is 35.1 Å². The molecule has 0 saturated carbocycles. The first kappa shape index (κ1) is 32.5. The van der Waals surface area contributed by atoms with Crippen LogP contribution in [0.4, 0.5) is 13.2 Å². The number of hydrogen-bond acceptors (Lipinski definition) is 7. The summed E-state index contributed by atoms with van der Waals surface area (Å²) in [4.78, 5) is 25.8. The van der Waals surface area contributed by atoms with E-state index in [4.69, 9.17) is 31.4 Å². The van der Waals surface area contributed by atoms with Crippen LogP contribution in [0.2, 0.25) is 5.02 Å². The van der Waals surface area contributed by atoms with Crippen molar-refractivity contribution in [2.75, 3.05) is 0 Å². The van der Waals surface area contributed by atoms with E-state index in [9.17, 15) is 22.8 Å². The molecule has 0 bridgehead atoms. The van der Waals surface area contributed by atoms with Crippen LogP contribution < -0.4 is 5.32 Å². The van der Waals surface area contributed by atoms with Crippen LogP contribution in [0, 0.1) is 12.3 Å². The standard InChI is InChI=1S/C19H14F3N3O2.C11H12ClNO3/c1-11(13-3-5-15(6-4-13)18-24-12(2)27-25-18)26-17(23)14-7-9-16(10-8-14)19(20,21)22;1-7(14)13-10(11(15)16)6-8-2-4-9(12)5-3-8/h3-10,23H,1H2,2H3;2-5,10H,6H2,1H3,(H,13,14)(H,15,16). The summed E-state index contributed by atoms with van der Waals surface area (Å²) in [6.07, 6.45) is -4.18. The minimum atomic E-state index is -4.43. The highest BCUT2D eigenvalue weighted by molar-refractivity contribution is 6.30. The number of carboxylic acids is 1. The second-order valence-corrected chi connectivity index (χ2v) is 9.50. The molecular formula is C30H26ClF3N4O5. The number of aromatic nitrogens is 2.